The van der Waals surface area contributed by atoms with Crippen molar-refractivity contribution in [2.75, 3.05) is 44.7 Å². The van der Waals surface area contributed by atoms with Gasteiger partial charge in [0.2, 0.25) is 6.10 Å². The lowest BCUT2D eigenvalue weighted by molar-refractivity contribution is -0.142. The number of carbonyl (C=O) groups is 3. The number of amides is 3. The molecule has 2 heterocycles. The van der Waals surface area contributed by atoms with Gasteiger partial charge in [-0.05, 0) is 43.3 Å². The number of para-hydroxylation sites is 2. The van der Waals surface area contributed by atoms with E-state index >= 15 is 0 Å². The molecule has 2 aliphatic rings. The fraction of sp³-hybridized carbons (Fsp3) is 0.348. The van der Waals surface area contributed by atoms with E-state index in [0.29, 0.717) is 55.5 Å². The van der Waals surface area contributed by atoms with Crippen molar-refractivity contribution in [3.05, 3.63) is 54.1 Å². The fourth-order valence-electron chi connectivity index (χ4n) is 3.58. The summed E-state index contributed by atoms with van der Waals surface area (Å²) in [4.78, 5) is 40.5. The third-order valence-corrected chi connectivity index (χ3v) is 5.31. The van der Waals surface area contributed by atoms with Gasteiger partial charge in [0.05, 0.1) is 12.2 Å². The van der Waals surface area contributed by atoms with Gasteiger partial charge in [0, 0.05) is 31.9 Å². The molecule has 2 aromatic rings. The first-order chi connectivity index (χ1) is 15.5. The molecule has 168 valence electrons. The van der Waals surface area contributed by atoms with E-state index in [0.717, 1.165) is 0 Å². The van der Waals surface area contributed by atoms with Crippen LogP contribution in [-0.4, -0.2) is 73.2 Å². The number of esters is 1. The second-order valence-electron chi connectivity index (χ2n) is 7.40. The Bertz CT molecular complexity index is 985. The van der Waals surface area contributed by atoms with Crippen molar-refractivity contribution in [3.8, 4) is 11.5 Å². The van der Waals surface area contributed by atoms with Crippen LogP contribution in [0.4, 0.5) is 10.5 Å². The number of nitrogens with one attached hydrogen (secondary N) is 1. The summed E-state index contributed by atoms with van der Waals surface area (Å²) in [6.07, 6.45) is -0.691. The van der Waals surface area contributed by atoms with Gasteiger partial charge in [0.25, 0.3) is 5.91 Å². The van der Waals surface area contributed by atoms with E-state index in [4.69, 9.17) is 14.2 Å². The molecule has 2 aromatic carbocycles. The Morgan fingerprint density at radius 2 is 1.62 bits per heavy atom. The highest BCUT2D eigenvalue weighted by Gasteiger charge is 2.33. The van der Waals surface area contributed by atoms with Crippen molar-refractivity contribution < 1.29 is 28.6 Å². The van der Waals surface area contributed by atoms with Crippen LogP contribution in [0.25, 0.3) is 0 Å². The van der Waals surface area contributed by atoms with E-state index in [1.54, 1.807) is 53.1 Å². The number of hydrogen-bond acceptors (Lipinski definition) is 6. The van der Waals surface area contributed by atoms with Crippen molar-refractivity contribution in [3.63, 3.8) is 0 Å². The summed E-state index contributed by atoms with van der Waals surface area (Å²) in [5.41, 5.74) is 1.00. The maximum Gasteiger partial charge on any atom is 0.338 e. The summed E-state index contributed by atoms with van der Waals surface area (Å²) in [7, 11) is 0. The van der Waals surface area contributed by atoms with Gasteiger partial charge in [-0.1, -0.05) is 12.1 Å². The highest BCUT2D eigenvalue weighted by atomic mass is 16.6. The smallest absolute Gasteiger partial charge is 0.338 e. The van der Waals surface area contributed by atoms with E-state index in [9.17, 15) is 14.4 Å². The quantitative estimate of drug-likeness (QED) is 0.735. The minimum absolute atomic E-state index is 0.144. The number of anilines is 1. The zero-order chi connectivity index (χ0) is 22.5. The minimum Gasteiger partial charge on any atom is -0.485 e. The van der Waals surface area contributed by atoms with Gasteiger partial charge < -0.3 is 29.3 Å². The molecule has 32 heavy (non-hydrogen) atoms. The highest BCUT2D eigenvalue weighted by molar-refractivity contribution is 5.92. The van der Waals surface area contributed by atoms with E-state index in [2.05, 4.69) is 5.32 Å². The van der Waals surface area contributed by atoms with Gasteiger partial charge in [-0.3, -0.25) is 4.79 Å². The molecule has 2 aliphatic heterocycles. The second-order valence-corrected chi connectivity index (χ2v) is 7.40. The third kappa shape index (κ3) is 4.77. The zero-order valence-corrected chi connectivity index (χ0v) is 17.8. The molecule has 0 spiro atoms. The average Bonchev–Trinajstić information content (AvgIpc) is 2.84. The lowest BCUT2D eigenvalue weighted by atomic mass is 10.2. The van der Waals surface area contributed by atoms with Crippen molar-refractivity contribution in [1.29, 1.82) is 0 Å². The SMILES string of the molecule is CCOC(=O)c1ccc(NC(=O)N2CCN(C(=O)C3COc4ccccc4O3)CC2)cc1. The molecule has 9 nitrogen and oxygen atoms in total. The summed E-state index contributed by atoms with van der Waals surface area (Å²) in [5, 5.41) is 2.81. The second kappa shape index (κ2) is 9.59. The third-order valence-electron chi connectivity index (χ3n) is 5.31. The van der Waals surface area contributed by atoms with Gasteiger partial charge in [-0.25, -0.2) is 9.59 Å². The molecule has 0 radical (unpaired) electrons. The first-order valence-electron chi connectivity index (χ1n) is 10.6. The van der Waals surface area contributed by atoms with E-state index in [-0.39, 0.29) is 18.5 Å². The molecule has 1 saturated heterocycles. The van der Waals surface area contributed by atoms with Crippen LogP contribution in [0.3, 0.4) is 0 Å². The molecule has 9 heteroatoms. The van der Waals surface area contributed by atoms with Crippen LogP contribution in [0.15, 0.2) is 48.5 Å². The van der Waals surface area contributed by atoms with Crippen molar-refractivity contribution >= 4 is 23.6 Å². The average molecular weight is 439 g/mol. The predicted octanol–water partition coefficient (Wildman–Crippen LogP) is 2.38. The molecule has 0 aromatic heterocycles. The number of fused-ring (bicyclic) bond motifs is 1. The van der Waals surface area contributed by atoms with Crippen LogP contribution in [0, 0.1) is 0 Å². The summed E-state index contributed by atoms with van der Waals surface area (Å²) >= 11 is 0. The lowest BCUT2D eigenvalue weighted by Crippen LogP contribution is -2.55. The zero-order valence-electron chi connectivity index (χ0n) is 17.8. The summed E-state index contributed by atoms with van der Waals surface area (Å²) in [6, 6.07) is 13.5. The Balaban J connectivity index is 1.27. The van der Waals surface area contributed by atoms with Gasteiger partial charge in [0.15, 0.2) is 11.5 Å². The van der Waals surface area contributed by atoms with Crippen LogP contribution in [0.2, 0.25) is 0 Å². The molecule has 1 N–H and O–H groups in total. The molecule has 1 unspecified atom stereocenters. The van der Waals surface area contributed by atoms with E-state index in [1.807, 2.05) is 12.1 Å². The van der Waals surface area contributed by atoms with Gasteiger partial charge in [0.1, 0.15) is 6.61 Å². The molecule has 4 rings (SSSR count). The maximum absolute atomic E-state index is 12.8. The molecule has 1 atom stereocenters. The molecule has 3 amide bonds. The summed E-state index contributed by atoms with van der Waals surface area (Å²) < 4.78 is 16.4. The van der Waals surface area contributed by atoms with Crippen LogP contribution < -0.4 is 14.8 Å². The molecule has 1 fully saturated rings. The Labute approximate surface area is 185 Å². The molecular weight excluding hydrogens is 414 g/mol. The predicted molar refractivity (Wildman–Crippen MR) is 116 cm³/mol. The number of rotatable bonds is 4. The largest absolute Gasteiger partial charge is 0.485 e. The molecule has 0 saturated carbocycles. The normalized spacial score (nSPS) is 17.5. The fourth-order valence-corrected chi connectivity index (χ4v) is 3.58. The maximum atomic E-state index is 12.8. The first kappa shape index (κ1) is 21.5. The van der Waals surface area contributed by atoms with Gasteiger partial charge in [-0.15, -0.1) is 0 Å². The van der Waals surface area contributed by atoms with Crippen molar-refractivity contribution in [2.45, 2.75) is 13.0 Å². The molecule has 0 aliphatic carbocycles. The Kier molecular flexibility index (Phi) is 6.44. The summed E-state index contributed by atoms with van der Waals surface area (Å²) in [6.45, 7) is 3.85. The topological polar surface area (TPSA) is 97.4 Å². The first-order valence-corrected chi connectivity index (χ1v) is 10.6. The minimum atomic E-state index is -0.691. The van der Waals surface area contributed by atoms with Crippen LogP contribution in [-0.2, 0) is 9.53 Å². The van der Waals surface area contributed by atoms with Crippen LogP contribution in [0.5, 0.6) is 11.5 Å². The summed E-state index contributed by atoms with van der Waals surface area (Å²) in [5.74, 6) is 0.647. The van der Waals surface area contributed by atoms with E-state index < -0.39 is 12.1 Å². The Hall–Kier alpha value is -3.75. The molecule has 0 bridgehead atoms. The Morgan fingerprint density at radius 3 is 2.31 bits per heavy atom. The number of nitrogens with zero attached hydrogens (tertiary/aromatic N) is 2. The van der Waals surface area contributed by atoms with Crippen molar-refractivity contribution in [1.82, 2.24) is 9.80 Å². The number of benzene rings is 2. The lowest BCUT2D eigenvalue weighted by Gasteiger charge is -2.37. The van der Waals surface area contributed by atoms with Crippen molar-refractivity contribution in [2.24, 2.45) is 0 Å². The standard InChI is InChI=1S/C23H25N3O6/c1-2-30-22(28)16-7-9-17(10-8-16)24-23(29)26-13-11-25(12-14-26)21(27)20-15-31-18-5-3-4-6-19(18)32-20/h3-10,20H,2,11-15H2,1H3,(H,24,29). The van der Waals surface area contributed by atoms with Crippen LogP contribution in [0.1, 0.15) is 17.3 Å². The van der Waals surface area contributed by atoms with Gasteiger partial charge in [-0.2, -0.15) is 0 Å². The number of ether oxygens (including phenoxy) is 3. The van der Waals surface area contributed by atoms with Crippen LogP contribution >= 0.6 is 0 Å². The highest BCUT2D eigenvalue weighted by Crippen LogP contribution is 2.31. The number of urea groups is 1. The number of hydrogen-bond donors (Lipinski definition) is 1. The van der Waals surface area contributed by atoms with E-state index in [1.165, 1.54) is 0 Å². The number of carbonyl (C=O) groups excluding carboxylic acids is 3. The molecular formula is C23H25N3O6. The van der Waals surface area contributed by atoms with Gasteiger partial charge >= 0.3 is 12.0 Å². The Morgan fingerprint density at radius 1 is 0.969 bits per heavy atom. The number of piperazine rings is 1. The monoisotopic (exact) mass is 439 g/mol.